The van der Waals surface area contributed by atoms with E-state index in [0.29, 0.717) is 25.5 Å². The van der Waals surface area contributed by atoms with Crippen molar-refractivity contribution in [1.29, 1.82) is 0 Å². The molecule has 7 nitrogen and oxygen atoms in total. The van der Waals surface area contributed by atoms with Gasteiger partial charge in [-0.2, -0.15) is 0 Å². The van der Waals surface area contributed by atoms with Crippen LogP contribution in [0, 0.1) is 15.9 Å². The second-order valence-electron chi connectivity index (χ2n) is 4.87. The van der Waals surface area contributed by atoms with Crippen LogP contribution in [0.25, 0.3) is 0 Å². The van der Waals surface area contributed by atoms with Crippen molar-refractivity contribution >= 4 is 15.7 Å². The minimum absolute atomic E-state index is 0.283. The molecular weight excluding hydrogens is 301 g/mol. The summed E-state index contributed by atoms with van der Waals surface area (Å²) >= 11 is 0. The van der Waals surface area contributed by atoms with Gasteiger partial charge in [0.1, 0.15) is 5.82 Å². The molecule has 21 heavy (non-hydrogen) atoms. The number of hydrogen-bond donors (Lipinski definition) is 2. The zero-order valence-corrected chi connectivity index (χ0v) is 12.0. The Balaban J connectivity index is 2.28. The summed E-state index contributed by atoms with van der Waals surface area (Å²) in [4.78, 5) is 9.50. The Morgan fingerprint density at radius 1 is 1.33 bits per heavy atom. The van der Waals surface area contributed by atoms with E-state index in [0.717, 1.165) is 25.1 Å². The molecule has 1 atom stereocenters. The van der Waals surface area contributed by atoms with Crippen molar-refractivity contribution in [3.8, 4) is 0 Å². The Morgan fingerprint density at radius 3 is 2.81 bits per heavy atom. The molecule has 0 aromatic heterocycles. The summed E-state index contributed by atoms with van der Waals surface area (Å²) in [6, 6.07) is 2.15. The maximum atomic E-state index is 13.1. The van der Waals surface area contributed by atoms with Crippen molar-refractivity contribution in [2.75, 3.05) is 13.1 Å². The molecular formula is C12H16FN3O4S. The summed E-state index contributed by atoms with van der Waals surface area (Å²) in [6.45, 7) is 1.49. The van der Waals surface area contributed by atoms with Crippen LogP contribution >= 0.6 is 0 Å². The second kappa shape index (κ2) is 6.46. The Kier molecular flexibility index (Phi) is 4.86. The van der Waals surface area contributed by atoms with E-state index in [1.807, 2.05) is 0 Å². The van der Waals surface area contributed by atoms with Crippen molar-refractivity contribution in [3.63, 3.8) is 0 Å². The van der Waals surface area contributed by atoms with Crippen LogP contribution in [0.1, 0.15) is 19.3 Å². The minimum Gasteiger partial charge on any atom is -0.317 e. The molecule has 1 aliphatic heterocycles. The van der Waals surface area contributed by atoms with Gasteiger partial charge < -0.3 is 5.32 Å². The predicted molar refractivity (Wildman–Crippen MR) is 73.9 cm³/mol. The molecule has 1 fully saturated rings. The maximum Gasteiger partial charge on any atom is 0.292 e. The van der Waals surface area contributed by atoms with Crippen LogP contribution in [-0.4, -0.2) is 32.5 Å². The smallest absolute Gasteiger partial charge is 0.292 e. The van der Waals surface area contributed by atoms with Crippen LogP contribution in [0.15, 0.2) is 23.1 Å². The first-order valence-electron chi connectivity index (χ1n) is 6.57. The summed E-state index contributed by atoms with van der Waals surface area (Å²) in [6.07, 6.45) is 2.08. The highest BCUT2D eigenvalue weighted by molar-refractivity contribution is 7.89. The van der Waals surface area contributed by atoms with E-state index in [2.05, 4.69) is 10.0 Å². The molecule has 0 amide bonds. The van der Waals surface area contributed by atoms with Gasteiger partial charge in [-0.1, -0.05) is 0 Å². The number of nitrogens with one attached hydrogen (secondary N) is 2. The molecule has 1 aromatic rings. The number of nitro benzene ring substituents is 1. The Bertz CT molecular complexity index is 627. The van der Waals surface area contributed by atoms with Crippen molar-refractivity contribution in [1.82, 2.24) is 10.0 Å². The van der Waals surface area contributed by atoms with Crippen LogP contribution in [0.5, 0.6) is 0 Å². The largest absolute Gasteiger partial charge is 0.317 e. The predicted octanol–water partition coefficient (Wildman–Crippen LogP) is 1.15. The molecule has 2 rings (SSSR count). The fourth-order valence-corrected chi connectivity index (χ4v) is 3.74. The fourth-order valence-electron chi connectivity index (χ4n) is 2.28. The first-order valence-corrected chi connectivity index (χ1v) is 8.05. The average Bonchev–Trinajstić information content (AvgIpc) is 2.66. The Hall–Kier alpha value is -1.58. The number of sulfonamides is 1. The number of halogens is 1. The lowest BCUT2D eigenvalue weighted by molar-refractivity contribution is -0.388. The highest BCUT2D eigenvalue weighted by Crippen LogP contribution is 2.25. The summed E-state index contributed by atoms with van der Waals surface area (Å²) in [5.74, 6) is -0.848. The first kappa shape index (κ1) is 15.8. The van der Waals surface area contributed by atoms with Gasteiger partial charge in [0.05, 0.1) is 11.0 Å². The molecule has 116 valence electrons. The lowest BCUT2D eigenvalue weighted by atomic mass is 10.1. The zero-order chi connectivity index (χ0) is 15.5. The summed E-state index contributed by atoms with van der Waals surface area (Å²) < 4.78 is 40.1. The van der Waals surface area contributed by atoms with Crippen molar-refractivity contribution in [2.24, 2.45) is 0 Å². The van der Waals surface area contributed by atoms with Gasteiger partial charge in [-0.25, -0.2) is 17.5 Å². The number of rotatable bonds is 4. The zero-order valence-electron chi connectivity index (χ0n) is 11.2. The van der Waals surface area contributed by atoms with Crippen LogP contribution in [0.3, 0.4) is 0 Å². The van der Waals surface area contributed by atoms with Gasteiger partial charge in [0.2, 0.25) is 10.0 Å². The van der Waals surface area contributed by atoms with Crippen LogP contribution in [0.2, 0.25) is 0 Å². The third-order valence-electron chi connectivity index (χ3n) is 3.30. The van der Waals surface area contributed by atoms with E-state index in [-0.39, 0.29) is 6.04 Å². The molecule has 1 unspecified atom stereocenters. The van der Waals surface area contributed by atoms with Gasteiger partial charge in [0, 0.05) is 6.04 Å². The van der Waals surface area contributed by atoms with Gasteiger partial charge in [-0.15, -0.1) is 0 Å². The van der Waals surface area contributed by atoms with Crippen molar-refractivity contribution in [2.45, 2.75) is 30.2 Å². The normalized spacial score (nSPS) is 20.0. The lowest BCUT2D eigenvalue weighted by Crippen LogP contribution is -2.35. The van der Waals surface area contributed by atoms with E-state index in [1.165, 1.54) is 0 Å². The number of benzene rings is 1. The molecule has 0 bridgehead atoms. The second-order valence-corrected chi connectivity index (χ2v) is 6.55. The third kappa shape index (κ3) is 3.96. The number of nitro groups is 1. The van der Waals surface area contributed by atoms with Gasteiger partial charge in [-0.3, -0.25) is 10.1 Å². The molecule has 2 N–H and O–H groups in total. The Morgan fingerprint density at radius 2 is 2.10 bits per heavy atom. The van der Waals surface area contributed by atoms with Crippen molar-refractivity contribution in [3.05, 3.63) is 34.1 Å². The van der Waals surface area contributed by atoms with E-state index < -0.39 is 31.3 Å². The van der Waals surface area contributed by atoms with Crippen LogP contribution in [0.4, 0.5) is 10.1 Å². The SMILES string of the molecule is O=[N+]([O-])c1cc(F)ccc1S(=O)(=O)NC1CCCNCC1. The number of nitrogens with zero attached hydrogens (tertiary/aromatic N) is 1. The lowest BCUT2D eigenvalue weighted by Gasteiger charge is -2.16. The summed E-state index contributed by atoms with van der Waals surface area (Å²) in [5.41, 5.74) is -0.755. The molecule has 0 spiro atoms. The van der Waals surface area contributed by atoms with Crippen molar-refractivity contribution < 1.29 is 17.7 Å². The summed E-state index contributed by atoms with van der Waals surface area (Å²) in [5, 5.41) is 14.1. The fraction of sp³-hybridized carbons (Fsp3) is 0.500. The summed E-state index contributed by atoms with van der Waals surface area (Å²) in [7, 11) is -4.05. The van der Waals surface area contributed by atoms with Crippen LogP contribution in [-0.2, 0) is 10.0 Å². The van der Waals surface area contributed by atoms with Crippen LogP contribution < -0.4 is 10.0 Å². The minimum atomic E-state index is -4.05. The van der Waals surface area contributed by atoms with Gasteiger partial charge in [-0.05, 0) is 44.5 Å². The van der Waals surface area contributed by atoms with E-state index in [1.54, 1.807) is 0 Å². The first-order chi connectivity index (χ1) is 9.90. The molecule has 0 saturated carbocycles. The van der Waals surface area contributed by atoms with Gasteiger partial charge in [0.15, 0.2) is 4.90 Å². The molecule has 1 aliphatic rings. The third-order valence-corrected chi connectivity index (χ3v) is 4.87. The Labute approximate surface area is 121 Å². The van der Waals surface area contributed by atoms with E-state index in [4.69, 9.17) is 0 Å². The molecule has 1 saturated heterocycles. The average molecular weight is 317 g/mol. The van der Waals surface area contributed by atoms with Gasteiger partial charge >= 0.3 is 0 Å². The topological polar surface area (TPSA) is 101 Å². The van der Waals surface area contributed by atoms with E-state index in [9.17, 15) is 22.9 Å². The number of hydrogen-bond acceptors (Lipinski definition) is 5. The molecule has 9 heteroatoms. The maximum absolute atomic E-state index is 13.1. The molecule has 1 aromatic carbocycles. The highest BCUT2D eigenvalue weighted by atomic mass is 32.2. The standard InChI is InChI=1S/C12H16FN3O4S/c13-9-3-4-12(11(8-9)16(17)18)21(19,20)15-10-2-1-6-14-7-5-10/h3-4,8,10,14-15H,1-2,5-7H2. The van der Waals surface area contributed by atoms with E-state index >= 15 is 0 Å². The molecule has 1 heterocycles. The monoisotopic (exact) mass is 317 g/mol. The highest BCUT2D eigenvalue weighted by Gasteiger charge is 2.28. The van der Waals surface area contributed by atoms with Gasteiger partial charge in [0.25, 0.3) is 5.69 Å². The molecule has 0 aliphatic carbocycles. The molecule has 0 radical (unpaired) electrons. The quantitative estimate of drug-likeness (QED) is 0.641.